The average Bonchev–Trinajstić information content (AvgIpc) is 2.76. The van der Waals surface area contributed by atoms with Crippen molar-refractivity contribution in [2.24, 2.45) is 11.7 Å². The first kappa shape index (κ1) is 10.7. The highest BCUT2D eigenvalue weighted by atomic mass is 15.1. The summed E-state index contributed by atoms with van der Waals surface area (Å²) in [5, 5.41) is 0. The largest absolute Gasteiger partial charge is 0.330 e. The number of hydrogen-bond acceptors (Lipinski definition) is 2. The molecule has 1 aliphatic heterocycles. The second-order valence-corrected chi connectivity index (χ2v) is 4.43. The molecule has 1 fully saturated rings. The van der Waals surface area contributed by atoms with Crippen LogP contribution in [0.5, 0.6) is 0 Å². The van der Waals surface area contributed by atoms with E-state index in [2.05, 4.69) is 35.2 Å². The maximum Gasteiger partial charge on any atom is 0.00223 e. The van der Waals surface area contributed by atoms with Crippen LogP contribution < -0.4 is 5.73 Å². The molecule has 2 N–H and O–H groups in total. The summed E-state index contributed by atoms with van der Waals surface area (Å²) in [7, 11) is 0. The molecule has 1 aliphatic rings. The fourth-order valence-electron chi connectivity index (χ4n) is 2.24. The standard InChI is InChI=1S/C13H20N2/c14-10-13-7-9-15(11-13)8-6-12-4-2-1-3-5-12/h1-5,13H,6-11,14H2/t13-/m1/s1. The van der Waals surface area contributed by atoms with Crippen LogP contribution in [-0.4, -0.2) is 31.1 Å². The number of hydrogen-bond donors (Lipinski definition) is 1. The van der Waals surface area contributed by atoms with Gasteiger partial charge in [-0.25, -0.2) is 0 Å². The summed E-state index contributed by atoms with van der Waals surface area (Å²) < 4.78 is 0. The van der Waals surface area contributed by atoms with Crippen LogP contribution in [0.1, 0.15) is 12.0 Å². The van der Waals surface area contributed by atoms with Crippen molar-refractivity contribution in [3.8, 4) is 0 Å². The van der Waals surface area contributed by atoms with Gasteiger partial charge >= 0.3 is 0 Å². The van der Waals surface area contributed by atoms with Gasteiger partial charge in [0.1, 0.15) is 0 Å². The lowest BCUT2D eigenvalue weighted by molar-refractivity contribution is 0.329. The Labute approximate surface area is 92.1 Å². The maximum atomic E-state index is 5.68. The Morgan fingerprint density at radius 2 is 2.07 bits per heavy atom. The lowest BCUT2D eigenvalue weighted by atomic mass is 10.1. The molecule has 1 aromatic rings. The van der Waals surface area contributed by atoms with Gasteiger partial charge in [0.25, 0.3) is 0 Å². The van der Waals surface area contributed by atoms with Crippen molar-refractivity contribution < 1.29 is 0 Å². The molecule has 1 heterocycles. The highest BCUT2D eigenvalue weighted by Gasteiger charge is 2.20. The van der Waals surface area contributed by atoms with E-state index in [4.69, 9.17) is 5.73 Å². The minimum absolute atomic E-state index is 0.737. The molecule has 0 radical (unpaired) electrons. The third-order valence-corrected chi connectivity index (χ3v) is 3.26. The zero-order valence-electron chi connectivity index (χ0n) is 9.23. The molecule has 0 bridgehead atoms. The van der Waals surface area contributed by atoms with E-state index in [1.165, 1.54) is 31.6 Å². The molecular weight excluding hydrogens is 184 g/mol. The van der Waals surface area contributed by atoms with Gasteiger partial charge in [-0.1, -0.05) is 30.3 Å². The summed E-state index contributed by atoms with van der Waals surface area (Å²) in [4.78, 5) is 2.53. The minimum atomic E-state index is 0.737. The maximum absolute atomic E-state index is 5.68. The fraction of sp³-hybridized carbons (Fsp3) is 0.538. The number of nitrogens with two attached hydrogens (primary N) is 1. The Morgan fingerprint density at radius 3 is 2.73 bits per heavy atom. The van der Waals surface area contributed by atoms with E-state index >= 15 is 0 Å². The van der Waals surface area contributed by atoms with Crippen molar-refractivity contribution in [1.29, 1.82) is 0 Å². The Balaban J connectivity index is 1.75. The van der Waals surface area contributed by atoms with E-state index < -0.39 is 0 Å². The molecule has 1 saturated heterocycles. The first-order valence-corrected chi connectivity index (χ1v) is 5.85. The number of likely N-dealkylation sites (tertiary alicyclic amines) is 1. The summed E-state index contributed by atoms with van der Waals surface area (Å²) in [6.45, 7) is 4.46. The van der Waals surface area contributed by atoms with Crippen LogP contribution in [0.2, 0.25) is 0 Å². The predicted molar refractivity (Wildman–Crippen MR) is 63.7 cm³/mol. The van der Waals surface area contributed by atoms with Crippen LogP contribution in [0.15, 0.2) is 30.3 Å². The van der Waals surface area contributed by atoms with Gasteiger partial charge in [0.15, 0.2) is 0 Å². The van der Waals surface area contributed by atoms with Gasteiger partial charge in [-0.2, -0.15) is 0 Å². The Hall–Kier alpha value is -0.860. The average molecular weight is 204 g/mol. The quantitative estimate of drug-likeness (QED) is 0.805. The van der Waals surface area contributed by atoms with Gasteiger partial charge in [0.05, 0.1) is 0 Å². The van der Waals surface area contributed by atoms with E-state index in [1.807, 2.05) is 0 Å². The molecule has 2 nitrogen and oxygen atoms in total. The summed E-state index contributed by atoms with van der Waals surface area (Å²) in [5.74, 6) is 0.737. The zero-order valence-corrected chi connectivity index (χ0v) is 9.23. The number of nitrogens with zero attached hydrogens (tertiary/aromatic N) is 1. The highest BCUT2D eigenvalue weighted by molar-refractivity contribution is 5.14. The molecule has 0 amide bonds. The summed E-state index contributed by atoms with van der Waals surface area (Å²) in [6, 6.07) is 10.7. The second-order valence-electron chi connectivity index (χ2n) is 4.43. The monoisotopic (exact) mass is 204 g/mol. The second kappa shape index (κ2) is 5.29. The topological polar surface area (TPSA) is 29.3 Å². The van der Waals surface area contributed by atoms with Crippen molar-refractivity contribution in [3.05, 3.63) is 35.9 Å². The molecule has 82 valence electrons. The predicted octanol–water partition coefficient (Wildman–Crippen LogP) is 1.51. The van der Waals surface area contributed by atoms with Crippen molar-refractivity contribution >= 4 is 0 Å². The molecule has 0 saturated carbocycles. The molecule has 0 unspecified atom stereocenters. The van der Waals surface area contributed by atoms with Crippen LogP contribution in [0.4, 0.5) is 0 Å². The van der Waals surface area contributed by atoms with Gasteiger partial charge < -0.3 is 10.6 Å². The van der Waals surface area contributed by atoms with Gasteiger partial charge in [0, 0.05) is 13.1 Å². The van der Waals surface area contributed by atoms with Crippen LogP contribution in [0, 0.1) is 5.92 Å². The molecule has 2 rings (SSSR count). The summed E-state index contributed by atoms with van der Waals surface area (Å²) in [5.41, 5.74) is 7.12. The molecule has 0 spiro atoms. The number of benzene rings is 1. The third-order valence-electron chi connectivity index (χ3n) is 3.26. The van der Waals surface area contributed by atoms with E-state index in [-0.39, 0.29) is 0 Å². The van der Waals surface area contributed by atoms with Gasteiger partial charge in [-0.15, -0.1) is 0 Å². The van der Waals surface area contributed by atoms with Gasteiger partial charge in [-0.3, -0.25) is 0 Å². The Bertz CT molecular complexity index is 284. The van der Waals surface area contributed by atoms with Gasteiger partial charge in [-0.05, 0) is 37.4 Å². The van der Waals surface area contributed by atoms with Crippen LogP contribution in [0.25, 0.3) is 0 Å². The first-order chi connectivity index (χ1) is 7.38. The zero-order chi connectivity index (χ0) is 10.5. The third kappa shape index (κ3) is 3.05. The van der Waals surface area contributed by atoms with Crippen LogP contribution >= 0.6 is 0 Å². The van der Waals surface area contributed by atoms with Crippen molar-refractivity contribution in [3.63, 3.8) is 0 Å². The van der Waals surface area contributed by atoms with E-state index in [9.17, 15) is 0 Å². The van der Waals surface area contributed by atoms with Gasteiger partial charge in [0.2, 0.25) is 0 Å². The SMILES string of the molecule is NC[C@H]1CCN(CCc2ccccc2)C1. The highest BCUT2D eigenvalue weighted by Crippen LogP contribution is 2.15. The first-order valence-electron chi connectivity index (χ1n) is 5.85. The van der Waals surface area contributed by atoms with Crippen molar-refractivity contribution in [2.45, 2.75) is 12.8 Å². The Morgan fingerprint density at radius 1 is 1.27 bits per heavy atom. The molecule has 0 aliphatic carbocycles. The van der Waals surface area contributed by atoms with E-state index in [0.29, 0.717) is 0 Å². The van der Waals surface area contributed by atoms with Crippen LogP contribution in [-0.2, 0) is 6.42 Å². The molecule has 2 heteroatoms. The summed E-state index contributed by atoms with van der Waals surface area (Å²) >= 11 is 0. The minimum Gasteiger partial charge on any atom is -0.330 e. The smallest absolute Gasteiger partial charge is 0.00223 e. The lowest BCUT2D eigenvalue weighted by Crippen LogP contribution is -2.25. The van der Waals surface area contributed by atoms with Crippen molar-refractivity contribution in [1.82, 2.24) is 4.90 Å². The van der Waals surface area contributed by atoms with Crippen LogP contribution in [0.3, 0.4) is 0 Å². The molecule has 15 heavy (non-hydrogen) atoms. The lowest BCUT2D eigenvalue weighted by Gasteiger charge is -2.15. The Kier molecular flexibility index (Phi) is 3.75. The van der Waals surface area contributed by atoms with E-state index in [1.54, 1.807) is 0 Å². The molecule has 1 aromatic carbocycles. The fourth-order valence-corrected chi connectivity index (χ4v) is 2.24. The summed E-state index contributed by atoms with van der Waals surface area (Å²) in [6.07, 6.45) is 2.45. The molecular formula is C13H20N2. The molecule has 0 aromatic heterocycles. The van der Waals surface area contributed by atoms with E-state index in [0.717, 1.165) is 18.9 Å². The number of rotatable bonds is 4. The normalized spacial score (nSPS) is 22.1. The molecule has 1 atom stereocenters. The van der Waals surface area contributed by atoms with Crippen molar-refractivity contribution in [2.75, 3.05) is 26.2 Å².